The molecule has 0 aliphatic heterocycles. The molecule has 84 valence electrons. The fourth-order valence-electron chi connectivity index (χ4n) is 1.02. The number of hydrogen-bond donors (Lipinski definition) is 2. The van der Waals surface area contributed by atoms with Crippen LogP contribution in [0.5, 0.6) is 0 Å². The number of halogens is 1. The molecule has 0 fully saturated rings. The number of rotatable bonds is 4. The Hall–Kier alpha value is -0.810. The molecule has 2 N–H and O–H groups in total. The molecular weight excluding hydrogens is 262 g/mol. The van der Waals surface area contributed by atoms with E-state index in [1.807, 2.05) is 13.8 Å². The molecule has 2 unspecified atom stereocenters. The Morgan fingerprint density at radius 1 is 1.67 bits per heavy atom. The summed E-state index contributed by atoms with van der Waals surface area (Å²) in [6.45, 7) is 3.78. The van der Waals surface area contributed by atoms with Crippen molar-refractivity contribution >= 4 is 21.8 Å². The highest BCUT2D eigenvalue weighted by Crippen LogP contribution is 2.14. The number of aliphatic hydroxyl groups is 1. The topological polar surface area (TPSA) is 62.5 Å². The van der Waals surface area contributed by atoms with Crippen LogP contribution in [0.15, 0.2) is 21.4 Å². The summed E-state index contributed by atoms with van der Waals surface area (Å²) in [5.74, 6) is -0.165. The number of nitrogens with one attached hydrogen (secondary N) is 1. The molecule has 0 saturated carbocycles. The third kappa shape index (κ3) is 3.35. The molecule has 0 aromatic carbocycles. The summed E-state index contributed by atoms with van der Waals surface area (Å²) in [4.78, 5) is 11.6. The van der Waals surface area contributed by atoms with Crippen LogP contribution in [-0.4, -0.2) is 23.7 Å². The minimum absolute atomic E-state index is 0.0318. The highest BCUT2D eigenvalue weighted by Gasteiger charge is 2.16. The number of carbonyl (C=O) groups excluding carboxylic acids is 1. The van der Waals surface area contributed by atoms with Crippen molar-refractivity contribution in [2.24, 2.45) is 5.92 Å². The molecule has 0 aliphatic carbocycles. The maximum absolute atomic E-state index is 11.6. The summed E-state index contributed by atoms with van der Waals surface area (Å²) < 4.78 is 5.48. The second-order valence-electron chi connectivity index (χ2n) is 3.56. The Balaban J connectivity index is 2.56. The van der Waals surface area contributed by atoms with Crippen LogP contribution in [-0.2, 0) is 0 Å². The van der Waals surface area contributed by atoms with Crippen molar-refractivity contribution in [2.45, 2.75) is 19.9 Å². The van der Waals surface area contributed by atoms with Crippen molar-refractivity contribution in [2.75, 3.05) is 6.61 Å². The molecule has 0 bridgehead atoms. The fraction of sp³-hybridized carbons (Fsp3) is 0.500. The van der Waals surface area contributed by atoms with Crippen LogP contribution < -0.4 is 5.32 Å². The van der Waals surface area contributed by atoms with Gasteiger partial charge < -0.3 is 14.8 Å². The van der Waals surface area contributed by atoms with Gasteiger partial charge in [0.2, 0.25) is 0 Å². The Kier molecular flexibility index (Phi) is 4.35. The van der Waals surface area contributed by atoms with Crippen molar-refractivity contribution in [3.8, 4) is 0 Å². The van der Waals surface area contributed by atoms with Crippen LogP contribution in [0, 0.1) is 5.92 Å². The zero-order valence-electron chi connectivity index (χ0n) is 8.66. The SMILES string of the molecule is CC(CO)C(C)NC(=O)c1coc(Br)c1. The lowest BCUT2D eigenvalue weighted by Gasteiger charge is -2.18. The first-order valence-corrected chi connectivity index (χ1v) is 5.49. The monoisotopic (exact) mass is 275 g/mol. The predicted octanol–water partition coefficient (Wildman–Crippen LogP) is 1.79. The summed E-state index contributed by atoms with van der Waals surface area (Å²) in [6.07, 6.45) is 1.38. The average Bonchev–Trinajstić information content (AvgIpc) is 2.63. The third-order valence-electron chi connectivity index (χ3n) is 2.33. The second kappa shape index (κ2) is 5.32. The number of aliphatic hydroxyl groups excluding tert-OH is 1. The van der Waals surface area contributed by atoms with Gasteiger partial charge in [-0.05, 0) is 28.8 Å². The maximum atomic E-state index is 11.6. The lowest BCUT2D eigenvalue weighted by Crippen LogP contribution is -2.38. The van der Waals surface area contributed by atoms with Gasteiger partial charge in [-0.3, -0.25) is 4.79 Å². The van der Waals surface area contributed by atoms with E-state index in [0.29, 0.717) is 10.2 Å². The quantitative estimate of drug-likeness (QED) is 0.881. The molecule has 1 aromatic heterocycles. The van der Waals surface area contributed by atoms with E-state index in [0.717, 1.165) is 0 Å². The van der Waals surface area contributed by atoms with Gasteiger partial charge in [-0.1, -0.05) is 6.92 Å². The summed E-state index contributed by atoms with van der Waals surface area (Å²) in [5.41, 5.74) is 0.471. The van der Waals surface area contributed by atoms with E-state index in [4.69, 9.17) is 9.52 Å². The van der Waals surface area contributed by atoms with Crippen molar-refractivity contribution in [1.29, 1.82) is 0 Å². The van der Waals surface area contributed by atoms with E-state index in [-0.39, 0.29) is 24.5 Å². The highest BCUT2D eigenvalue weighted by molar-refractivity contribution is 9.10. The summed E-state index contributed by atoms with van der Waals surface area (Å²) >= 11 is 3.12. The lowest BCUT2D eigenvalue weighted by molar-refractivity contribution is 0.0915. The first-order valence-electron chi connectivity index (χ1n) is 4.70. The van der Waals surface area contributed by atoms with E-state index >= 15 is 0 Å². The van der Waals surface area contributed by atoms with Gasteiger partial charge in [0.15, 0.2) is 4.67 Å². The van der Waals surface area contributed by atoms with Crippen LogP contribution in [0.2, 0.25) is 0 Å². The van der Waals surface area contributed by atoms with Gasteiger partial charge in [-0.2, -0.15) is 0 Å². The zero-order valence-corrected chi connectivity index (χ0v) is 10.2. The first-order chi connectivity index (χ1) is 7.04. The van der Waals surface area contributed by atoms with Crippen LogP contribution in [0.1, 0.15) is 24.2 Å². The van der Waals surface area contributed by atoms with Crippen LogP contribution in [0.25, 0.3) is 0 Å². The number of amides is 1. The molecule has 1 rings (SSSR count). The van der Waals surface area contributed by atoms with Crippen molar-refractivity contribution in [3.05, 3.63) is 22.6 Å². The van der Waals surface area contributed by atoms with E-state index < -0.39 is 0 Å². The van der Waals surface area contributed by atoms with Crippen LogP contribution >= 0.6 is 15.9 Å². The Morgan fingerprint density at radius 3 is 2.80 bits per heavy atom. The lowest BCUT2D eigenvalue weighted by atomic mass is 10.1. The second-order valence-corrected chi connectivity index (χ2v) is 4.34. The molecule has 5 heteroatoms. The molecular formula is C10H14BrNO3. The molecule has 15 heavy (non-hydrogen) atoms. The molecule has 1 amide bonds. The predicted molar refractivity (Wildman–Crippen MR) is 59.6 cm³/mol. The molecule has 1 aromatic rings. The molecule has 2 atom stereocenters. The van der Waals surface area contributed by atoms with E-state index in [9.17, 15) is 4.79 Å². The van der Waals surface area contributed by atoms with Gasteiger partial charge >= 0.3 is 0 Å². The van der Waals surface area contributed by atoms with Crippen molar-refractivity contribution in [3.63, 3.8) is 0 Å². The Morgan fingerprint density at radius 2 is 2.33 bits per heavy atom. The largest absolute Gasteiger partial charge is 0.457 e. The summed E-state index contributed by atoms with van der Waals surface area (Å²) in [5, 5.41) is 11.7. The molecule has 1 heterocycles. The highest BCUT2D eigenvalue weighted by atomic mass is 79.9. The number of hydrogen-bond acceptors (Lipinski definition) is 3. The average molecular weight is 276 g/mol. The van der Waals surface area contributed by atoms with Gasteiger partial charge in [-0.15, -0.1) is 0 Å². The minimum atomic E-state index is -0.197. The third-order valence-corrected chi connectivity index (χ3v) is 2.75. The Bertz CT molecular complexity index is 337. The molecule has 0 radical (unpaired) electrons. The standard InChI is InChI=1S/C10H14BrNO3/c1-6(4-13)7(2)12-10(14)8-3-9(11)15-5-8/h3,5-7,13H,4H2,1-2H3,(H,12,14). The van der Waals surface area contributed by atoms with E-state index in [1.54, 1.807) is 6.07 Å². The zero-order chi connectivity index (χ0) is 11.4. The molecule has 0 spiro atoms. The van der Waals surface area contributed by atoms with Gasteiger partial charge in [0.25, 0.3) is 5.91 Å². The number of furan rings is 1. The van der Waals surface area contributed by atoms with Gasteiger partial charge in [0, 0.05) is 18.7 Å². The fourth-order valence-corrected chi connectivity index (χ4v) is 1.36. The first kappa shape index (κ1) is 12.3. The molecule has 4 nitrogen and oxygen atoms in total. The summed E-state index contributed by atoms with van der Waals surface area (Å²) in [6, 6.07) is 1.53. The normalized spacial score (nSPS) is 14.7. The van der Waals surface area contributed by atoms with Crippen molar-refractivity contribution < 1.29 is 14.3 Å². The molecule has 0 aliphatic rings. The van der Waals surface area contributed by atoms with Crippen molar-refractivity contribution in [1.82, 2.24) is 5.32 Å². The van der Waals surface area contributed by atoms with Gasteiger partial charge in [0.05, 0.1) is 5.56 Å². The maximum Gasteiger partial charge on any atom is 0.254 e. The van der Waals surface area contributed by atoms with Crippen LogP contribution in [0.3, 0.4) is 0 Å². The van der Waals surface area contributed by atoms with Crippen LogP contribution in [0.4, 0.5) is 0 Å². The minimum Gasteiger partial charge on any atom is -0.457 e. The summed E-state index contributed by atoms with van der Waals surface area (Å²) in [7, 11) is 0. The van der Waals surface area contributed by atoms with E-state index in [2.05, 4.69) is 21.2 Å². The van der Waals surface area contributed by atoms with E-state index in [1.165, 1.54) is 6.26 Å². The Labute approximate surface area is 96.8 Å². The molecule has 0 saturated heterocycles. The number of carbonyl (C=O) groups is 1. The smallest absolute Gasteiger partial charge is 0.254 e. The van der Waals surface area contributed by atoms with Gasteiger partial charge in [-0.25, -0.2) is 0 Å². The van der Waals surface area contributed by atoms with Gasteiger partial charge in [0.1, 0.15) is 6.26 Å².